The zero-order chi connectivity index (χ0) is 23.0. The normalized spacial score (nSPS) is 12.4. The van der Waals surface area contributed by atoms with Crippen molar-refractivity contribution in [3.05, 3.63) is 136 Å². The van der Waals surface area contributed by atoms with Crippen LogP contribution in [0.4, 0.5) is 17.1 Å². The number of azide groups is 1. The van der Waals surface area contributed by atoms with Crippen LogP contribution in [0.2, 0.25) is 0 Å². The van der Waals surface area contributed by atoms with Gasteiger partial charge in [-0.1, -0.05) is 91.8 Å². The minimum Gasteiger partial charge on any atom is -0.311 e. The maximum absolute atomic E-state index is 8.51. The zero-order valence-electron chi connectivity index (χ0n) is 19.0. The summed E-state index contributed by atoms with van der Waals surface area (Å²) in [6, 6.07) is 38.2. The highest BCUT2D eigenvalue weighted by Gasteiger charge is 2.18. The van der Waals surface area contributed by atoms with E-state index in [1.165, 1.54) is 11.1 Å². The molecule has 0 saturated heterocycles. The van der Waals surface area contributed by atoms with Gasteiger partial charge >= 0.3 is 0 Å². The first-order valence-electron chi connectivity index (χ1n) is 11.3. The van der Waals surface area contributed by atoms with Crippen LogP contribution in [0.5, 0.6) is 0 Å². The molecule has 0 aliphatic carbocycles. The van der Waals surface area contributed by atoms with Crippen molar-refractivity contribution in [2.75, 3.05) is 4.90 Å². The molecule has 0 aliphatic rings. The van der Waals surface area contributed by atoms with E-state index in [-0.39, 0.29) is 0 Å². The van der Waals surface area contributed by atoms with E-state index in [2.05, 4.69) is 114 Å². The Morgan fingerprint density at radius 2 is 1.06 bits per heavy atom. The molecule has 33 heavy (non-hydrogen) atoms. The van der Waals surface area contributed by atoms with Gasteiger partial charge in [-0.3, -0.25) is 0 Å². The van der Waals surface area contributed by atoms with E-state index < -0.39 is 0 Å². The Hall–Kier alpha value is -4.01. The van der Waals surface area contributed by atoms with Gasteiger partial charge in [0.15, 0.2) is 0 Å². The summed E-state index contributed by atoms with van der Waals surface area (Å²) in [4.78, 5) is 5.11. The molecule has 2 unspecified atom stereocenters. The summed E-state index contributed by atoms with van der Waals surface area (Å²) >= 11 is 0. The standard InChI is InChI=1S/C29H28N4/c1-22(25-15-13-24(14-16-25)21-31-32-30)23(2)26-17-19-29(20-18-26)33(27-9-5-3-6-10-27)28-11-7-4-8-12-28/h3-20,22-23H,21H2,1-2H3. The third kappa shape index (κ3) is 5.25. The summed E-state index contributed by atoms with van der Waals surface area (Å²) in [7, 11) is 0. The second-order valence-corrected chi connectivity index (χ2v) is 8.31. The van der Waals surface area contributed by atoms with Crippen molar-refractivity contribution in [1.82, 2.24) is 0 Å². The lowest BCUT2D eigenvalue weighted by atomic mass is 9.84. The minimum absolute atomic E-state index is 0.365. The molecule has 0 bridgehead atoms. The van der Waals surface area contributed by atoms with Gasteiger partial charge in [-0.2, -0.15) is 0 Å². The Morgan fingerprint density at radius 3 is 1.52 bits per heavy atom. The van der Waals surface area contributed by atoms with Crippen molar-refractivity contribution >= 4 is 17.1 Å². The number of para-hydroxylation sites is 2. The average Bonchev–Trinajstić information content (AvgIpc) is 2.89. The van der Waals surface area contributed by atoms with Crippen LogP contribution < -0.4 is 4.90 Å². The predicted molar refractivity (Wildman–Crippen MR) is 137 cm³/mol. The zero-order valence-corrected chi connectivity index (χ0v) is 19.0. The fraction of sp³-hybridized carbons (Fsp3) is 0.172. The third-order valence-electron chi connectivity index (χ3n) is 6.28. The lowest BCUT2D eigenvalue weighted by Gasteiger charge is -2.26. The second kappa shape index (κ2) is 10.5. The quantitative estimate of drug-likeness (QED) is 0.156. The Bertz CT molecular complexity index is 1160. The molecule has 4 rings (SSSR count). The van der Waals surface area contributed by atoms with Gasteiger partial charge in [-0.05, 0) is 70.5 Å². The number of nitrogens with zero attached hydrogens (tertiary/aromatic N) is 4. The predicted octanol–water partition coefficient (Wildman–Crippen LogP) is 8.87. The highest BCUT2D eigenvalue weighted by atomic mass is 15.1. The van der Waals surface area contributed by atoms with Crippen LogP contribution in [0.1, 0.15) is 42.4 Å². The van der Waals surface area contributed by atoms with Crippen LogP contribution >= 0.6 is 0 Å². The Balaban J connectivity index is 1.56. The van der Waals surface area contributed by atoms with Crippen LogP contribution in [0.15, 0.2) is 114 Å². The van der Waals surface area contributed by atoms with Gasteiger partial charge in [0, 0.05) is 22.0 Å². The Kier molecular flexibility index (Phi) is 7.09. The van der Waals surface area contributed by atoms with Crippen LogP contribution in [-0.2, 0) is 6.54 Å². The van der Waals surface area contributed by atoms with Gasteiger partial charge in [-0.15, -0.1) is 0 Å². The molecule has 0 aromatic heterocycles. The SMILES string of the molecule is CC(c1ccc(CN=[N+]=[N-])cc1)C(C)c1ccc(N(c2ccccc2)c2ccccc2)cc1. The molecule has 2 atom stereocenters. The first-order valence-corrected chi connectivity index (χ1v) is 11.3. The van der Waals surface area contributed by atoms with E-state index in [0.29, 0.717) is 18.4 Å². The van der Waals surface area contributed by atoms with Crippen LogP contribution in [0, 0.1) is 0 Å². The van der Waals surface area contributed by atoms with Crippen LogP contribution in [0.25, 0.3) is 10.4 Å². The number of benzene rings is 4. The second-order valence-electron chi connectivity index (χ2n) is 8.31. The minimum atomic E-state index is 0.365. The maximum atomic E-state index is 8.51. The van der Waals surface area contributed by atoms with E-state index in [1.807, 2.05) is 24.3 Å². The molecule has 4 nitrogen and oxygen atoms in total. The molecular formula is C29H28N4. The highest BCUT2D eigenvalue weighted by Crippen LogP contribution is 2.37. The number of hydrogen-bond acceptors (Lipinski definition) is 2. The largest absolute Gasteiger partial charge is 0.311 e. The van der Waals surface area contributed by atoms with Crippen molar-refractivity contribution in [3.8, 4) is 0 Å². The van der Waals surface area contributed by atoms with Crippen molar-refractivity contribution in [2.45, 2.75) is 32.2 Å². The van der Waals surface area contributed by atoms with E-state index in [9.17, 15) is 0 Å². The van der Waals surface area contributed by atoms with Gasteiger partial charge in [0.2, 0.25) is 0 Å². The van der Waals surface area contributed by atoms with Crippen molar-refractivity contribution in [3.63, 3.8) is 0 Å². The van der Waals surface area contributed by atoms with Gasteiger partial charge in [-0.25, -0.2) is 0 Å². The monoisotopic (exact) mass is 432 g/mol. The van der Waals surface area contributed by atoms with Crippen molar-refractivity contribution in [1.29, 1.82) is 0 Å². The summed E-state index contributed by atoms with van der Waals surface area (Å²) in [5.74, 6) is 0.729. The number of anilines is 3. The average molecular weight is 433 g/mol. The van der Waals surface area contributed by atoms with Crippen molar-refractivity contribution in [2.24, 2.45) is 5.11 Å². The third-order valence-corrected chi connectivity index (χ3v) is 6.28. The van der Waals surface area contributed by atoms with E-state index in [0.717, 1.165) is 22.6 Å². The molecule has 0 amide bonds. The maximum Gasteiger partial charge on any atom is 0.0510 e. The molecule has 0 spiro atoms. The fourth-order valence-electron chi connectivity index (χ4n) is 4.15. The van der Waals surface area contributed by atoms with Crippen LogP contribution in [0.3, 0.4) is 0 Å². The van der Waals surface area contributed by atoms with Crippen LogP contribution in [-0.4, -0.2) is 0 Å². The Morgan fingerprint density at radius 1 is 0.636 bits per heavy atom. The molecule has 0 radical (unpaired) electrons. The first kappa shape index (κ1) is 22.2. The molecule has 4 aromatic carbocycles. The van der Waals surface area contributed by atoms with E-state index in [1.54, 1.807) is 0 Å². The molecule has 0 fully saturated rings. The number of hydrogen-bond donors (Lipinski definition) is 0. The molecule has 4 aromatic rings. The summed E-state index contributed by atoms with van der Waals surface area (Å²) < 4.78 is 0. The van der Waals surface area contributed by atoms with E-state index in [4.69, 9.17) is 5.53 Å². The fourth-order valence-corrected chi connectivity index (χ4v) is 4.15. The molecule has 0 heterocycles. The van der Waals surface area contributed by atoms with Gasteiger partial charge in [0.05, 0.1) is 6.54 Å². The lowest BCUT2D eigenvalue weighted by Crippen LogP contribution is -2.10. The molecule has 4 heteroatoms. The molecule has 0 N–H and O–H groups in total. The van der Waals surface area contributed by atoms with Gasteiger partial charge < -0.3 is 4.90 Å². The lowest BCUT2D eigenvalue weighted by molar-refractivity contribution is 0.623. The molecule has 0 aliphatic heterocycles. The van der Waals surface area contributed by atoms with Gasteiger partial charge in [0.25, 0.3) is 0 Å². The van der Waals surface area contributed by atoms with E-state index >= 15 is 0 Å². The first-order chi connectivity index (χ1) is 16.2. The molecule has 0 saturated carbocycles. The van der Waals surface area contributed by atoms with Crippen molar-refractivity contribution < 1.29 is 0 Å². The smallest absolute Gasteiger partial charge is 0.0510 e. The summed E-state index contributed by atoms with van der Waals surface area (Å²) in [5.41, 5.74) is 15.5. The Labute approximate surface area is 195 Å². The summed E-state index contributed by atoms with van der Waals surface area (Å²) in [6.45, 7) is 4.93. The number of rotatable bonds is 8. The summed E-state index contributed by atoms with van der Waals surface area (Å²) in [6.07, 6.45) is 0. The molecule has 164 valence electrons. The van der Waals surface area contributed by atoms with Gasteiger partial charge in [0.1, 0.15) is 0 Å². The molecular weight excluding hydrogens is 404 g/mol. The topological polar surface area (TPSA) is 52.0 Å². The highest BCUT2D eigenvalue weighted by molar-refractivity contribution is 5.76. The summed E-state index contributed by atoms with van der Waals surface area (Å²) in [5, 5.41) is 3.64.